The molecule has 0 bridgehead atoms. The molecule has 1 N–H and O–H groups in total. The molecular weight excluding hydrogens is 232 g/mol. The van der Waals surface area contributed by atoms with E-state index in [1.54, 1.807) is 5.56 Å². The monoisotopic (exact) mass is 258 g/mol. The van der Waals surface area contributed by atoms with Crippen molar-refractivity contribution in [2.75, 3.05) is 26.2 Å². The maximum atomic E-state index is 3.66. The number of fused-ring (bicyclic) bond motifs is 1. The van der Waals surface area contributed by atoms with E-state index in [1.165, 1.54) is 57.3 Å². The lowest BCUT2D eigenvalue weighted by Crippen LogP contribution is -2.37. The van der Waals surface area contributed by atoms with Gasteiger partial charge in [0.1, 0.15) is 0 Å². The van der Waals surface area contributed by atoms with Crippen molar-refractivity contribution in [1.82, 2.24) is 10.2 Å². The lowest BCUT2D eigenvalue weighted by Gasteiger charge is -2.28. The van der Waals surface area contributed by atoms with Gasteiger partial charge in [-0.3, -0.25) is 4.90 Å². The summed E-state index contributed by atoms with van der Waals surface area (Å²) in [4.78, 5) is 2.59. The highest BCUT2D eigenvalue weighted by Crippen LogP contribution is 2.23. The summed E-state index contributed by atoms with van der Waals surface area (Å²) in [7, 11) is 0. The standard InChI is InChI=1S/C17H26N2/c1-2-6-15(5-1)13-18-10-12-19-11-9-16-7-3-4-8-17(16)14-19/h3-4,7-8,15,18H,1-2,5-6,9-14H2. The Morgan fingerprint density at radius 1 is 1.11 bits per heavy atom. The van der Waals surface area contributed by atoms with Crippen LogP contribution in [0.4, 0.5) is 0 Å². The maximum Gasteiger partial charge on any atom is 0.0237 e. The van der Waals surface area contributed by atoms with E-state index in [1.807, 2.05) is 0 Å². The summed E-state index contributed by atoms with van der Waals surface area (Å²) in [5, 5.41) is 3.66. The van der Waals surface area contributed by atoms with Gasteiger partial charge in [0.2, 0.25) is 0 Å². The second-order valence-electron chi connectivity index (χ2n) is 6.15. The Morgan fingerprint density at radius 2 is 1.89 bits per heavy atom. The van der Waals surface area contributed by atoms with E-state index in [4.69, 9.17) is 0 Å². The molecule has 0 spiro atoms. The van der Waals surface area contributed by atoms with Gasteiger partial charge in [-0.25, -0.2) is 0 Å². The number of benzene rings is 1. The largest absolute Gasteiger partial charge is 0.315 e. The van der Waals surface area contributed by atoms with Crippen LogP contribution in [0.2, 0.25) is 0 Å². The zero-order chi connectivity index (χ0) is 12.9. The Kier molecular flexibility index (Phi) is 4.52. The number of nitrogens with one attached hydrogen (secondary N) is 1. The molecule has 0 saturated heterocycles. The number of hydrogen-bond acceptors (Lipinski definition) is 2. The molecule has 3 rings (SSSR count). The maximum absolute atomic E-state index is 3.66. The Bertz CT molecular complexity index is 396. The molecule has 1 heterocycles. The molecule has 1 saturated carbocycles. The van der Waals surface area contributed by atoms with Crippen LogP contribution in [-0.4, -0.2) is 31.1 Å². The fraction of sp³-hybridized carbons (Fsp3) is 0.647. The van der Waals surface area contributed by atoms with Crippen LogP contribution in [0.15, 0.2) is 24.3 Å². The first-order valence-corrected chi connectivity index (χ1v) is 7.91. The summed E-state index contributed by atoms with van der Waals surface area (Å²) in [5.41, 5.74) is 3.09. The molecule has 19 heavy (non-hydrogen) atoms. The van der Waals surface area contributed by atoms with Crippen molar-refractivity contribution in [2.45, 2.75) is 38.6 Å². The topological polar surface area (TPSA) is 15.3 Å². The van der Waals surface area contributed by atoms with Gasteiger partial charge in [0.25, 0.3) is 0 Å². The van der Waals surface area contributed by atoms with Crippen LogP contribution >= 0.6 is 0 Å². The molecule has 2 nitrogen and oxygen atoms in total. The van der Waals surface area contributed by atoms with E-state index in [0.29, 0.717) is 0 Å². The third-order valence-corrected chi connectivity index (χ3v) is 4.72. The molecule has 2 aliphatic rings. The van der Waals surface area contributed by atoms with Crippen LogP contribution in [0.3, 0.4) is 0 Å². The third-order valence-electron chi connectivity index (χ3n) is 4.72. The van der Waals surface area contributed by atoms with Crippen molar-refractivity contribution >= 4 is 0 Å². The summed E-state index contributed by atoms with van der Waals surface area (Å²) < 4.78 is 0. The molecule has 0 amide bonds. The highest BCUT2D eigenvalue weighted by Gasteiger charge is 2.16. The summed E-state index contributed by atoms with van der Waals surface area (Å²) in [6.07, 6.45) is 7.03. The van der Waals surface area contributed by atoms with E-state index in [-0.39, 0.29) is 0 Å². The molecule has 1 fully saturated rings. The molecule has 1 aliphatic heterocycles. The predicted octanol–water partition coefficient (Wildman–Crippen LogP) is 2.82. The Labute approximate surface area is 117 Å². The normalized spacial score (nSPS) is 20.6. The fourth-order valence-corrected chi connectivity index (χ4v) is 3.50. The van der Waals surface area contributed by atoms with Gasteiger partial charge in [0.15, 0.2) is 0 Å². The molecule has 0 atom stereocenters. The minimum Gasteiger partial charge on any atom is -0.315 e. The SMILES string of the molecule is c1ccc2c(c1)CCN(CCNCC1CCCC1)C2. The van der Waals surface area contributed by atoms with E-state index >= 15 is 0 Å². The van der Waals surface area contributed by atoms with Crippen molar-refractivity contribution < 1.29 is 0 Å². The van der Waals surface area contributed by atoms with Gasteiger partial charge in [-0.1, -0.05) is 37.1 Å². The zero-order valence-corrected chi connectivity index (χ0v) is 11.9. The third kappa shape index (κ3) is 3.58. The second kappa shape index (κ2) is 6.53. The smallest absolute Gasteiger partial charge is 0.0237 e. The molecule has 0 aromatic heterocycles. The number of rotatable bonds is 5. The number of nitrogens with zero attached hydrogens (tertiary/aromatic N) is 1. The Morgan fingerprint density at radius 3 is 2.74 bits per heavy atom. The van der Waals surface area contributed by atoms with Gasteiger partial charge in [-0.05, 0) is 42.9 Å². The van der Waals surface area contributed by atoms with Gasteiger partial charge in [0, 0.05) is 26.2 Å². The number of hydrogen-bond donors (Lipinski definition) is 1. The minimum absolute atomic E-state index is 0.960. The quantitative estimate of drug-likeness (QED) is 0.817. The summed E-state index contributed by atoms with van der Waals surface area (Å²) in [5.74, 6) is 0.960. The molecule has 1 aromatic carbocycles. The van der Waals surface area contributed by atoms with Gasteiger partial charge < -0.3 is 5.32 Å². The average molecular weight is 258 g/mol. The van der Waals surface area contributed by atoms with Gasteiger partial charge in [0.05, 0.1) is 0 Å². The van der Waals surface area contributed by atoms with Gasteiger partial charge >= 0.3 is 0 Å². The Balaban J connectivity index is 1.37. The van der Waals surface area contributed by atoms with E-state index in [0.717, 1.165) is 19.0 Å². The first kappa shape index (κ1) is 13.1. The van der Waals surface area contributed by atoms with Crippen molar-refractivity contribution in [3.63, 3.8) is 0 Å². The molecule has 1 aliphatic carbocycles. The van der Waals surface area contributed by atoms with E-state index < -0.39 is 0 Å². The van der Waals surface area contributed by atoms with Gasteiger partial charge in [-0.15, -0.1) is 0 Å². The molecule has 1 aromatic rings. The van der Waals surface area contributed by atoms with Crippen LogP contribution in [0, 0.1) is 5.92 Å². The highest BCUT2D eigenvalue weighted by molar-refractivity contribution is 5.28. The first-order chi connectivity index (χ1) is 9.42. The zero-order valence-electron chi connectivity index (χ0n) is 11.9. The van der Waals surface area contributed by atoms with Crippen LogP contribution < -0.4 is 5.32 Å². The fourth-order valence-electron chi connectivity index (χ4n) is 3.50. The lowest BCUT2D eigenvalue weighted by molar-refractivity contribution is 0.252. The van der Waals surface area contributed by atoms with Crippen molar-refractivity contribution in [3.05, 3.63) is 35.4 Å². The molecule has 0 unspecified atom stereocenters. The summed E-state index contributed by atoms with van der Waals surface area (Å²) >= 11 is 0. The van der Waals surface area contributed by atoms with Crippen LogP contribution in [-0.2, 0) is 13.0 Å². The van der Waals surface area contributed by atoms with Crippen molar-refractivity contribution in [3.8, 4) is 0 Å². The first-order valence-electron chi connectivity index (χ1n) is 7.91. The molecule has 104 valence electrons. The van der Waals surface area contributed by atoms with Crippen molar-refractivity contribution in [1.29, 1.82) is 0 Å². The molecule has 0 radical (unpaired) electrons. The highest BCUT2D eigenvalue weighted by atomic mass is 15.1. The van der Waals surface area contributed by atoms with Crippen LogP contribution in [0.25, 0.3) is 0 Å². The average Bonchev–Trinajstić information content (AvgIpc) is 2.97. The summed E-state index contributed by atoms with van der Waals surface area (Å²) in [6.45, 7) is 5.95. The van der Waals surface area contributed by atoms with E-state index in [9.17, 15) is 0 Å². The Hall–Kier alpha value is -0.860. The minimum atomic E-state index is 0.960. The van der Waals surface area contributed by atoms with Gasteiger partial charge in [-0.2, -0.15) is 0 Å². The van der Waals surface area contributed by atoms with Crippen LogP contribution in [0.1, 0.15) is 36.8 Å². The van der Waals surface area contributed by atoms with Crippen LogP contribution in [0.5, 0.6) is 0 Å². The van der Waals surface area contributed by atoms with Crippen molar-refractivity contribution in [2.24, 2.45) is 5.92 Å². The predicted molar refractivity (Wildman–Crippen MR) is 80.3 cm³/mol. The lowest BCUT2D eigenvalue weighted by atomic mass is 10.00. The summed E-state index contributed by atoms with van der Waals surface area (Å²) in [6, 6.07) is 8.90. The molecular formula is C17H26N2. The van der Waals surface area contributed by atoms with E-state index in [2.05, 4.69) is 34.5 Å². The molecule has 2 heteroatoms. The second-order valence-corrected chi connectivity index (χ2v) is 6.15.